The van der Waals surface area contributed by atoms with Gasteiger partial charge in [0.05, 0.1) is 20.2 Å². The molecule has 0 fully saturated rings. The molecule has 2 aromatic heterocycles. The van der Waals surface area contributed by atoms with Gasteiger partial charge in [0.25, 0.3) is 0 Å². The largest absolute Gasteiger partial charge is 0.382 e. The first-order chi connectivity index (χ1) is 13.6. The number of amides is 1. The number of ketones is 1. The van der Waals surface area contributed by atoms with E-state index in [2.05, 4.69) is 10.3 Å². The van der Waals surface area contributed by atoms with Crippen LogP contribution in [-0.4, -0.2) is 34.5 Å². The molecule has 1 aromatic carbocycles. The lowest BCUT2D eigenvalue weighted by molar-refractivity contribution is -0.116. The third-order valence-corrected chi connectivity index (χ3v) is 5.48. The maximum Gasteiger partial charge on any atom is 0.227 e. The summed E-state index contributed by atoms with van der Waals surface area (Å²) in [5.74, 6) is 0.170. The summed E-state index contributed by atoms with van der Waals surface area (Å²) >= 11 is 7.08. The second-order valence-electron chi connectivity index (χ2n) is 6.20. The number of Topliss-reactive ketones (excluding diaryl/α,β-unsaturated/α-hetero) is 1. The Morgan fingerprint density at radius 1 is 1.21 bits per heavy atom. The number of hydrogen-bond acceptors (Lipinski definition) is 5. The number of aromatic nitrogens is 2. The molecule has 0 unspecified atom stereocenters. The van der Waals surface area contributed by atoms with Crippen molar-refractivity contribution in [1.82, 2.24) is 9.55 Å². The standard InChI is InChI=1S/C20H22ClN3O3S/c1-2-27-13-5-12-24-15-7-4-3-6-14(15)22-20(24)23-19(26)11-8-16(25)17-9-10-18(21)28-17/h3-4,6-7,9-10H,2,5,8,11-13H2,1H3,(H,22,23,26). The summed E-state index contributed by atoms with van der Waals surface area (Å²) in [4.78, 5) is 29.7. The third-order valence-electron chi connectivity index (χ3n) is 4.21. The van der Waals surface area contributed by atoms with Crippen molar-refractivity contribution >= 4 is 51.6 Å². The van der Waals surface area contributed by atoms with Crippen LogP contribution in [0.1, 0.15) is 35.9 Å². The Balaban J connectivity index is 1.65. The SMILES string of the molecule is CCOCCCn1c(NC(=O)CCC(=O)c2ccc(Cl)s2)nc2ccccc21. The van der Waals surface area contributed by atoms with Gasteiger partial charge in [0.2, 0.25) is 11.9 Å². The quantitative estimate of drug-likeness (QED) is 0.379. The maximum absolute atomic E-state index is 12.4. The zero-order chi connectivity index (χ0) is 19.9. The number of fused-ring (bicyclic) bond motifs is 1. The Kier molecular flexibility index (Phi) is 7.19. The van der Waals surface area contributed by atoms with E-state index in [1.807, 2.05) is 35.8 Å². The van der Waals surface area contributed by atoms with Crippen LogP contribution in [0.4, 0.5) is 5.95 Å². The molecule has 8 heteroatoms. The number of para-hydroxylation sites is 2. The number of nitrogens with one attached hydrogen (secondary N) is 1. The Morgan fingerprint density at radius 2 is 2.04 bits per heavy atom. The van der Waals surface area contributed by atoms with Crippen LogP contribution in [0.3, 0.4) is 0 Å². The summed E-state index contributed by atoms with van der Waals surface area (Å²) in [7, 11) is 0. The van der Waals surface area contributed by atoms with Crippen molar-refractivity contribution in [3.05, 3.63) is 45.6 Å². The molecule has 28 heavy (non-hydrogen) atoms. The molecule has 3 rings (SSSR count). The number of benzene rings is 1. The first-order valence-electron chi connectivity index (χ1n) is 9.20. The lowest BCUT2D eigenvalue weighted by Gasteiger charge is -2.10. The number of ether oxygens (including phenoxy) is 1. The number of rotatable bonds is 10. The van der Waals surface area contributed by atoms with Crippen LogP contribution < -0.4 is 5.32 Å². The fraction of sp³-hybridized carbons (Fsp3) is 0.350. The van der Waals surface area contributed by atoms with E-state index >= 15 is 0 Å². The number of nitrogens with zero attached hydrogens (tertiary/aromatic N) is 2. The van der Waals surface area contributed by atoms with Gasteiger partial charge in [-0.15, -0.1) is 11.3 Å². The summed E-state index contributed by atoms with van der Waals surface area (Å²) < 4.78 is 7.95. The second kappa shape index (κ2) is 9.82. The highest BCUT2D eigenvalue weighted by Gasteiger charge is 2.15. The van der Waals surface area contributed by atoms with Crippen LogP contribution in [0.25, 0.3) is 11.0 Å². The van der Waals surface area contributed by atoms with E-state index in [9.17, 15) is 9.59 Å². The van der Waals surface area contributed by atoms with Crippen LogP contribution in [0.15, 0.2) is 36.4 Å². The minimum Gasteiger partial charge on any atom is -0.382 e. The van der Waals surface area contributed by atoms with Gasteiger partial charge < -0.3 is 9.30 Å². The number of anilines is 1. The molecule has 6 nitrogen and oxygen atoms in total. The van der Waals surface area contributed by atoms with Crippen molar-refractivity contribution < 1.29 is 14.3 Å². The summed E-state index contributed by atoms with van der Waals surface area (Å²) in [6.07, 6.45) is 1.04. The lowest BCUT2D eigenvalue weighted by Crippen LogP contribution is -2.17. The molecule has 0 spiro atoms. The van der Waals surface area contributed by atoms with E-state index in [4.69, 9.17) is 16.3 Å². The zero-order valence-electron chi connectivity index (χ0n) is 15.6. The van der Waals surface area contributed by atoms with E-state index in [-0.39, 0.29) is 24.5 Å². The van der Waals surface area contributed by atoms with Crippen molar-refractivity contribution in [1.29, 1.82) is 0 Å². The van der Waals surface area contributed by atoms with Crippen molar-refractivity contribution in [3.8, 4) is 0 Å². The van der Waals surface area contributed by atoms with Crippen LogP contribution in [0.2, 0.25) is 4.34 Å². The van der Waals surface area contributed by atoms with Crippen molar-refractivity contribution in [2.45, 2.75) is 32.7 Å². The molecular formula is C20H22ClN3O3S. The average Bonchev–Trinajstić information content (AvgIpc) is 3.27. The number of carbonyl (C=O) groups excluding carboxylic acids is 2. The topological polar surface area (TPSA) is 73.2 Å². The summed E-state index contributed by atoms with van der Waals surface area (Å²) in [6.45, 7) is 3.97. The van der Waals surface area contributed by atoms with E-state index in [1.165, 1.54) is 11.3 Å². The van der Waals surface area contributed by atoms with Gasteiger partial charge >= 0.3 is 0 Å². The Labute approximate surface area is 172 Å². The lowest BCUT2D eigenvalue weighted by atomic mass is 10.2. The molecule has 0 atom stereocenters. The molecule has 0 aliphatic heterocycles. The zero-order valence-corrected chi connectivity index (χ0v) is 17.2. The number of halogens is 1. The maximum atomic E-state index is 12.4. The van der Waals surface area contributed by atoms with Gasteiger partial charge in [-0.2, -0.15) is 0 Å². The monoisotopic (exact) mass is 419 g/mol. The Bertz CT molecular complexity index is 967. The molecule has 1 N–H and O–H groups in total. The first kappa shape index (κ1) is 20.5. The Morgan fingerprint density at radius 3 is 2.79 bits per heavy atom. The van der Waals surface area contributed by atoms with Crippen molar-refractivity contribution in [2.24, 2.45) is 0 Å². The fourth-order valence-corrected chi connectivity index (χ4v) is 3.88. The summed E-state index contributed by atoms with van der Waals surface area (Å²) in [6, 6.07) is 11.1. The molecule has 148 valence electrons. The van der Waals surface area contributed by atoms with Gasteiger partial charge in [0.1, 0.15) is 0 Å². The highest BCUT2D eigenvalue weighted by Crippen LogP contribution is 2.23. The van der Waals surface area contributed by atoms with E-state index in [1.54, 1.807) is 12.1 Å². The normalized spacial score (nSPS) is 11.1. The molecule has 1 amide bonds. The van der Waals surface area contributed by atoms with Gasteiger partial charge in [-0.3, -0.25) is 14.9 Å². The average molecular weight is 420 g/mol. The van der Waals surface area contributed by atoms with Crippen LogP contribution in [0.5, 0.6) is 0 Å². The van der Waals surface area contributed by atoms with Gasteiger partial charge in [-0.05, 0) is 37.6 Å². The highest BCUT2D eigenvalue weighted by molar-refractivity contribution is 7.18. The summed E-state index contributed by atoms with van der Waals surface area (Å²) in [5.41, 5.74) is 1.78. The van der Waals surface area contributed by atoms with E-state index < -0.39 is 0 Å². The minimum atomic E-state index is -0.239. The van der Waals surface area contributed by atoms with Crippen molar-refractivity contribution in [2.75, 3.05) is 18.5 Å². The first-order valence-corrected chi connectivity index (χ1v) is 10.4. The smallest absolute Gasteiger partial charge is 0.227 e. The van der Waals surface area contributed by atoms with Crippen LogP contribution in [-0.2, 0) is 16.1 Å². The van der Waals surface area contributed by atoms with Gasteiger partial charge in [0, 0.05) is 32.6 Å². The van der Waals surface area contributed by atoms with E-state index in [0.717, 1.165) is 17.5 Å². The predicted octanol–water partition coefficient (Wildman–Crippen LogP) is 4.78. The molecule has 0 saturated heterocycles. The molecule has 3 aromatic rings. The third kappa shape index (κ3) is 5.19. The molecular weight excluding hydrogens is 398 g/mol. The number of thiophene rings is 1. The molecule has 0 aliphatic carbocycles. The minimum absolute atomic E-state index is 0.0859. The molecule has 0 radical (unpaired) electrons. The van der Waals surface area contributed by atoms with Crippen LogP contribution >= 0.6 is 22.9 Å². The fourth-order valence-electron chi connectivity index (χ4n) is 2.87. The molecule has 0 bridgehead atoms. The van der Waals surface area contributed by atoms with Gasteiger partial charge in [-0.1, -0.05) is 23.7 Å². The van der Waals surface area contributed by atoms with Gasteiger partial charge in [-0.25, -0.2) is 4.98 Å². The highest BCUT2D eigenvalue weighted by atomic mass is 35.5. The predicted molar refractivity (Wildman–Crippen MR) is 112 cm³/mol. The van der Waals surface area contributed by atoms with Crippen molar-refractivity contribution in [3.63, 3.8) is 0 Å². The number of imidazole rings is 1. The number of carbonyl (C=O) groups is 2. The van der Waals surface area contributed by atoms with Gasteiger partial charge in [0.15, 0.2) is 5.78 Å². The Hall–Kier alpha value is -2.22. The number of hydrogen-bond donors (Lipinski definition) is 1. The second-order valence-corrected chi connectivity index (χ2v) is 7.92. The number of aryl methyl sites for hydroxylation is 1. The molecule has 0 saturated carbocycles. The molecule has 2 heterocycles. The molecule has 0 aliphatic rings. The van der Waals surface area contributed by atoms with Crippen LogP contribution in [0, 0.1) is 0 Å². The van der Waals surface area contributed by atoms with E-state index in [0.29, 0.717) is 34.9 Å². The summed E-state index contributed by atoms with van der Waals surface area (Å²) in [5, 5.41) is 2.85.